The molecule has 6 heteroatoms. The molecule has 0 radical (unpaired) electrons. The van der Waals surface area contributed by atoms with Crippen molar-refractivity contribution in [3.05, 3.63) is 70.4 Å². The summed E-state index contributed by atoms with van der Waals surface area (Å²) in [6, 6.07) is 9.70. The van der Waals surface area contributed by atoms with Crippen molar-refractivity contribution in [2.45, 2.75) is 13.5 Å². The van der Waals surface area contributed by atoms with E-state index in [2.05, 4.69) is 16.4 Å². The van der Waals surface area contributed by atoms with Crippen LogP contribution in [0.1, 0.15) is 20.8 Å². The number of rotatable bonds is 7. The van der Waals surface area contributed by atoms with Crippen LogP contribution >= 0.6 is 11.3 Å². The lowest BCUT2D eigenvalue weighted by Gasteiger charge is -2.13. The highest BCUT2D eigenvalue weighted by molar-refractivity contribution is 7.12. The Morgan fingerprint density at radius 1 is 1.33 bits per heavy atom. The smallest absolute Gasteiger partial charge is 0.261 e. The Bertz CT molecular complexity index is 783. The van der Waals surface area contributed by atoms with E-state index in [4.69, 9.17) is 4.74 Å². The summed E-state index contributed by atoms with van der Waals surface area (Å²) >= 11 is 1.43. The Kier molecular flexibility index (Phi) is 5.28. The number of carbonyl (C=O) groups excluding carboxylic acids is 1. The van der Waals surface area contributed by atoms with Crippen LogP contribution in [0.5, 0.6) is 5.75 Å². The van der Waals surface area contributed by atoms with Crippen molar-refractivity contribution >= 4 is 17.2 Å². The topological polar surface area (TPSA) is 56.1 Å². The fraction of sp³-hybridized carbons (Fsp3) is 0.222. The lowest BCUT2D eigenvalue weighted by atomic mass is 10.1. The molecule has 0 bridgehead atoms. The fourth-order valence-corrected chi connectivity index (χ4v) is 3.03. The first-order chi connectivity index (χ1) is 11.7. The van der Waals surface area contributed by atoms with Crippen molar-refractivity contribution in [1.29, 1.82) is 0 Å². The monoisotopic (exact) mass is 341 g/mol. The molecular weight excluding hydrogens is 322 g/mol. The summed E-state index contributed by atoms with van der Waals surface area (Å²) in [4.78, 5) is 16.6. The molecule has 2 heterocycles. The van der Waals surface area contributed by atoms with Gasteiger partial charge in [-0.05, 0) is 35.6 Å². The Morgan fingerprint density at radius 2 is 2.25 bits per heavy atom. The second-order valence-corrected chi connectivity index (χ2v) is 6.30. The number of hydrogen-bond donors (Lipinski definition) is 1. The third-order valence-electron chi connectivity index (χ3n) is 3.70. The van der Waals surface area contributed by atoms with Gasteiger partial charge in [0.1, 0.15) is 12.4 Å². The molecular formula is C18H19N3O2S. The molecule has 2 aromatic heterocycles. The molecule has 0 saturated carbocycles. The molecule has 1 amide bonds. The summed E-state index contributed by atoms with van der Waals surface area (Å²) in [6.07, 6.45) is 5.51. The first kappa shape index (κ1) is 16.3. The van der Waals surface area contributed by atoms with E-state index >= 15 is 0 Å². The molecule has 0 aliphatic rings. The van der Waals surface area contributed by atoms with Crippen LogP contribution in [0.15, 0.2) is 54.4 Å². The van der Waals surface area contributed by atoms with Gasteiger partial charge < -0.3 is 14.6 Å². The molecule has 0 aliphatic heterocycles. The molecule has 0 atom stereocenters. The molecule has 1 N–H and O–H groups in total. The van der Waals surface area contributed by atoms with Gasteiger partial charge in [0.05, 0.1) is 17.7 Å². The lowest BCUT2D eigenvalue weighted by molar-refractivity contribution is 0.0951. The number of amides is 1. The van der Waals surface area contributed by atoms with Gasteiger partial charge in [-0.15, -0.1) is 11.3 Å². The summed E-state index contributed by atoms with van der Waals surface area (Å²) in [7, 11) is 0. The van der Waals surface area contributed by atoms with Crippen LogP contribution in [-0.4, -0.2) is 28.6 Å². The minimum absolute atomic E-state index is 0.0563. The molecule has 0 fully saturated rings. The molecule has 1 aromatic carbocycles. The number of ether oxygens (including phenoxy) is 1. The molecule has 124 valence electrons. The first-order valence-electron chi connectivity index (χ1n) is 7.73. The fourth-order valence-electron chi connectivity index (χ4n) is 2.38. The van der Waals surface area contributed by atoms with E-state index in [0.29, 0.717) is 18.0 Å². The van der Waals surface area contributed by atoms with Gasteiger partial charge in [-0.3, -0.25) is 4.79 Å². The van der Waals surface area contributed by atoms with Crippen LogP contribution < -0.4 is 10.1 Å². The van der Waals surface area contributed by atoms with Crippen molar-refractivity contribution in [2.75, 3.05) is 13.2 Å². The number of imidazole rings is 1. The molecule has 3 rings (SSSR count). The van der Waals surface area contributed by atoms with Gasteiger partial charge in [-0.25, -0.2) is 4.98 Å². The minimum Gasteiger partial charge on any atom is -0.491 e. The van der Waals surface area contributed by atoms with Crippen LogP contribution in [0.2, 0.25) is 0 Å². The van der Waals surface area contributed by atoms with Crippen molar-refractivity contribution in [2.24, 2.45) is 0 Å². The zero-order chi connectivity index (χ0) is 16.8. The molecule has 0 unspecified atom stereocenters. The second kappa shape index (κ2) is 7.79. The van der Waals surface area contributed by atoms with Gasteiger partial charge in [0.2, 0.25) is 0 Å². The van der Waals surface area contributed by atoms with Gasteiger partial charge >= 0.3 is 0 Å². The SMILES string of the molecule is Cc1c(Cn2ccnc2)cccc1OCCNC(=O)c1cccs1. The molecule has 5 nitrogen and oxygen atoms in total. The Balaban J connectivity index is 1.53. The van der Waals surface area contributed by atoms with E-state index in [-0.39, 0.29) is 5.91 Å². The van der Waals surface area contributed by atoms with Crippen LogP contribution in [0.3, 0.4) is 0 Å². The summed E-state index contributed by atoms with van der Waals surface area (Å²) in [6.45, 7) is 3.72. The standard InChI is InChI=1S/C18H19N3O2S/c1-14-15(12-21-9-7-19-13-21)4-2-5-16(14)23-10-8-20-18(22)17-6-3-11-24-17/h2-7,9,11,13H,8,10,12H2,1H3,(H,20,22). The maximum absolute atomic E-state index is 11.9. The Morgan fingerprint density at radius 3 is 3.00 bits per heavy atom. The zero-order valence-corrected chi connectivity index (χ0v) is 14.3. The molecule has 0 spiro atoms. The largest absolute Gasteiger partial charge is 0.491 e. The van der Waals surface area contributed by atoms with Gasteiger partial charge in [0, 0.05) is 18.9 Å². The average molecular weight is 341 g/mol. The zero-order valence-electron chi connectivity index (χ0n) is 13.4. The first-order valence-corrected chi connectivity index (χ1v) is 8.61. The van der Waals surface area contributed by atoms with E-state index in [9.17, 15) is 4.79 Å². The quantitative estimate of drug-likeness (QED) is 0.672. The number of benzene rings is 1. The highest BCUT2D eigenvalue weighted by atomic mass is 32.1. The highest BCUT2D eigenvalue weighted by Crippen LogP contribution is 2.22. The summed E-state index contributed by atoms with van der Waals surface area (Å²) in [5.41, 5.74) is 2.30. The van der Waals surface area contributed by atoms with Crippen molar-refractivity contribution in [1.82, 2.24) is 14.9 Å². The second-order valence-electron chi connectivity index (χ2n) is 5.36. The van der Waals surface area contributed by atoms with E-state index < -0.39 is 0 Å². The number of hydrogen-bond acceptors (Lipinski definition) is 4. The minimum atomic E-state index is -0.0563. The van der Waals surface area contributed by atoms with E-state index in [1.54, 1.807) is 12.5 Å². The van der Waals surface area contributed by atoms with Crippen molar-refractivity contribution < 1.29 is 9.53 Å². The highest BCUT2D eigenvalue weighted by Gasteiger charge is 2.07. The van der Waals surface area contributed by atoms with Gasteiger partial charge in [0.25, 0.3) is 5.91 Å². The molecule has 24 heavy (non-hydrogen) atoms. The van der Waals surface area contributed by atoms with Gasteiger partial charge in [-0.1, -0.05) is 18.2 Å². The van der Waals surface area contributed by atoms with E-state index in [1.165, 1.54) is 16.9 Å². The Hall–Kier alpha value is -2.60. The van der Waals surface area contributed by atoms with Crippen LogP contribution in [-0.2, 0) is 6.54 Å². The molecule has 0 aliphatic carbocycles. The maximum Gasteiger partial charge on any atom is 0.261 e. The molecule has 3 aromatic rings. The maximum atomic E-state index is 11.9. The lowest BCUT2D eigenvalue weighted by Crippen LogP contribution is -2.27. The van der Waals surface area contributed by atoms with Crippen LogP contribution in [0.25, 0.3) is 0 Å². The summed E-state index contributed by atoms with van der Waals surface area (Å²) < 4.78 is 7.85. The third-order valence-corrected chi connectivity index (χ3v) is 4.57. The average Bonchev–Trinajstić information content (AvgIpc) is 3.28. The predicted molar refractivity (Wildman–Crippen MR) is 94.7 cm³/mol. The number of carbonyl (C=O) groups is 1. The van der Waals surface area contributed by atoms with Crippen LogP contribution in [0.4, 0.5) is 0 Å². The summed E-state index contributed by atoms with van der Waals surface area (Å²) in [5, 5.41) is 4.75. The number of nitrogens with zero attached hydrogens (tertiary/aromatic N) is 2. The van der Waals surface area contributed by atoms with Crippen LogP contribution in [0, 0.1) is 6.92 Å². The predicted octanol–water partition coefficient (Wildman–Crippen LogP) is 3.11. The number of aromatic nitrogens is 2. The Labute approximate surface area is 144 Å². The van der Waals surface area contributed by atoms with Gasteiger partial charge in [0.15, 0.2) is 0 Å². The van der Waals surface area contributed by atoms with Crippen molar-refractivity contribution in [3.8, 4) is 5.75 Å². The van der Waals surface area contributed by atoms with E-state index in [0.717, 1.165) is 17.9 Å². The third kappa shape index (κ3) is 4.02. The van der Waals surface area contributed by atoms with E-state index in [1.807, 2.05) is 47.3 Å². The number of thiophene rings is 1. The normalized spacial score (nSPS) is 10.5. The summed E-state index contributed by atoms with van der Waals surface area (Å²) in [5.74, 6) is 0.789. The van der Waals surface area contributed by atoms with Crippen molar-refractivity contribution in [3.63, 3.8) is 0 Å². The van der Waals surface area contributed by atoms with Gasteiger partial charge in [-0.2, -0.15) is 0 Å². The molecule has 0 saturated heterocycles. The number of nitrogens with one attached hydrogen (secondary N) is 1.